The second-order valence-electron chi connectivity index (χ2n) is 6.22. The molecule has 8 nitrogen and oxygen atoms in total. The van der Waals surface area contributed by atoms with Gasteiger partial charge < -0.3 is 4.90 Å². The molecule has 2 N–H and O–H groups in total. The minimum absolute atomic E-state index is 0.368. The first-order chi connectivity index (χ1) is 12.2. The zero-order valence-corrected chi connectivity index (χ0v) is 15.6. The molecule has 0 atom stereocenters. The predicted molar refractivity (Wildman–Crippen MR) is 93.8 cm³/mol. The fraction of sp³-hybridized carbons (Fsp3) is 0.571. The average molecular weight is 409 g/mol. The molecule has 26 heavy (non-hydrogen) atoms. The zero-order chi connectivity index (χ0) is 19.1. The summed E-state index contributed by atoms with van der Waals surface area (Å²) < 4.78 is 51.1. The molecule has 3 heterocycles. The molecule has 0 radical (unpaired) electrons. The Morgan fingerprint density at radius 3 is 2.65 bits per heavy atom. The summed E-state index contributed by atoms with van der Waals surface area (Å²) in [6.45, 7) is 1.91. The lowest BCUT2D eigenvalue weighted by Crippen LogP contribution is -2.51. The van der Waals surface area contributed by atoms with E-state index >= 15 is 0 Å². The maximum Gasteiger partial charge on any atom is 0.277 e. The molecule has 0 bridgehead atoms. The monoisotopic (exact) mass is 408 g/mol. The Bertz CT molecular complexity index is 898. The van der Waals surface area contributed by atoms with Gasteiger partial charge >= 0.3 is 0 Å². The number of rotatable bonds is 5. The summed E-state index contributed by atoms with van der Waals surface area (Å²) >= 11 is 6.15. The third kappa shape index (κ3) is 3.75. The molecule has 0 aromatic carbocycles. The Morgan fingerprint density at radius 1 is 1.42 bits per heavy atom. The van der Waals surface area contributed by atoms with Crippen LogP contribution in [0.1, 0.15) is 18.4 Å². The molecule has 0 saturated carbocycles. The third-order valence-electron chi connectivity index (χ3n) is 4.50. The fourth-order valence-corrected chi connectivity index (χ4v) is 4.59. The molecule has 3 rings (SSSR count). The summed E-state index contributed by atoms with van der Waals surface area (Å²) in [6.07, 6.45) is -0.648. The van der Waals surface area contributed by atoms with Crippen molar-refractivity contribution < 1.29 is 17.2 Å². The highest BCUT2D eigenvalue weighted by Crippen LogP contribution is 2.29. The second-order valence-corrected chi connectivity index (χ2v) is 8.10. The van der Waals surface area contributed by atoms with E-state index in [0.29, 0.717) is 41.2 Å². The van der Waals surface area contributed by atoms with E-state index in [9.17, 15) is 17.2 Å². The van der Waals surface area contributed by atoms with Crippen molar-refractivity contribution in [3.8, 4) is 0 Å². The quantitative estimate of drug-likeness (QED) is 0.807. The minimum Gasteiger partial charge on any atom is -0.355 e. The van der Waals surface area contributed by atoms with Crippen molar-refractivity contribution in [3.63, 3.8) is 0 Å². The second kappa shape index (κ2) is 7.22. The van der Waals surface area contributed by atoms with Gasteiger partial charge in [-0.1, -0.05) is 11.6 Å². The molecule has 2 aromatic rings. The molecule has 1 aliphatic heterocycles. The van der Waals surface area contributed by atoms with E-state index in [4.69, 9.17) is 16.7 Å². The van der Waals surface area contributed by atoms with Crippen molar-refractivity contribution in [1.29, 1.82) is 0 Å². The molecule has 1 saturated heterocycles. The van der Waals surface area contributed by atoms with E-state index in [0.717, 1.165) is 11.1 Å². The van der Waals surface area contributed by atoms with Crippen LogP contribution in [0.3, 0.4) is 0 Å². The SMILES string of the molecule is Cc1cc(Cl)n2ncnc(N3CCC(N(CC(F)F)S(N)(=O)=O)CC3)c12. The van der Waals surface area contributed by atoms with Gasteiger partial charge in [-0.3, -0.25) is 0 Å². The van der Waals surface area contributed by atoms with Gasteiger partial charge in [-0.25, -0.2) is 23.4 Å². The first kappa shape index (κ1) is 19.2. The molecule has 0 spiro atoms. The first-order valence-corrected chi connectivity index (χ1v) is 9.88. The third-order valence-corrected chi connectivity index (χ3v) is 5.87. The van der Waals surface area contributed by atoms with Crippen LogP contribution in [0.5, 0.6) is 0 Å². The summed E-state index contributed by atoms with van der Waals surface area (Å²) in [5.41, 5.74) is 1.68. The molecular formula is C14H19ClF2N6O2S. The van der Waals surface area contributed by atoms with Gasteiger partial charge in [0.1, 0.15) is 17.0 Å². The van der Waals surface area contributed by atoms with E-state index in [1.54, 1.807) is 10.6 Å². The van der Waals surface area contributed by atoms with Gasteiger partial charge in [-0.05, 0) is 31.4 Å². The molecule has 12 heteroatoms. The van der Waals surface area contributed by atoms with Crippen LogP contribution in [0.15, 0.2) is 12.4 Å². The zero-order valence-electron chi connectivity index (χ0n) is 14.0. The maximum absolute atomic E-state index is 12.7. The van der Waals surface area contributed by atoms with Gasteiger partial charge in [0.25, 0.3) is 16.6 Å². The van der Waals surface area contributed by atoms with Crippen LogP contribution in [0, 0.1) is 6.92 Å². The van der Waals surface area contributed by atoms with Crippen molar-refractivity contribution in [2.75, 3.05) is 24.5 Å². The van der Waals surface area contributed by atoms with E-state index in [-0.39, 0.29) is 0 Å². The number of hydrogen-bond donors (Lipinski definition) is 1. The summed E-state index contributed by atoms with van der Waals surface area (Å²) in [7, 11) is -4.19. The fourth-order valence-electron chi connectivity index (χ4n) is 3.35. The number of nitrogens with two attached hydrogens (primary N) is 1. The molecular weight excluding hydrogens is 390 g/mol. The lowest BCUT2D eigenvalue weighted by atomic mass is 10.0. The van der Waals surface area contributed by atoms with Gasteiger partial charge in [-0.2, -0.15) is 17.8 Å². The number of piperidine rings is 1. The van der Waals surface area contributed by atoms with Crippen molar-refractivity contribution in [3.05, 3.63) is 23.1 Å². The lowest BCUT2D eigenvalue weighted by Gasteiger charge is -2.37. The van der Waals surface area contributed by atoms with Crippen LogP contribution in [-0.2, 0) is 10.2 Å². The summed E-state index contributed by atoms with van der Waals surface area (Å²) in [4.78, 5) is 6.30. The summed E-state index contributed by atoms with van der Waals surface area (Å²) in [6, 6.07) is 1.22. The highest BCUT2D eigenvalue weighted by molar-refractivity contribution is 7.86. The van der Waals surface area contributed by atoms with Crippen LogP contribution in [0.25, 0.3) is 5.52 Å². The summed E-state index contributed by atoms with van der Waals surface area (Å²) in [5, 5.41) is 9.71. The van der Waals surface area contributed by atoms with Crippen molar-refractivity contribution >= 4 is 33.1 Å². The van der Waals surface area contributed by atoms with Gasteiger partial charge in [0.05, 0.1) is 6.54 Å². The highest BCUT2D eigenvalue weighted by atomic mass is 35.5. The maximum atomic E-state index is 12.7. The first-order valence-electron chi connectivity index (χ1n) is 8.00. The predicted octanol–water partition coefficient (Wildman–Crippen LogP) is 1.43. The highest BCUT2D eigenvalue weighted by Gasteiger charge is 2.33. The van der Waals surface area contributed by atoms with Crippen molar-refractivity contribution in [2.45, 2.75) is 32.2 Å². The molecule has 2 aromatic heterocycles. The average Bonchev–Trinajstić information content (AvgIpc) is 2.86. The molecule has 0 unspecified atom stereocenters. The minimum atomic E-state index is -4.19. The molecule has 0 aliphatic carbocycles. The normalized spacial score (nSPS) is 17.0. The van der Waals surface area contributed by atoms with Gasteiger partial charge in [0, 0.05) is 19.1 Å². The number of hydrogen-bond acceptors (Lipinski definition) is 5. The number of aryl methyl sites for hydroxylation is 1. The topological polar surface area (TPSA) is 96.8 Å². The Kier molecular flexibility index (Phi) is 5.33. The Morgan fingerprint density at radius 2 is 2.08 bits per heavy atom. The molecule has 0 amide bonds. The van der Waals surface area contributed by atoms with Crippen molar-refractivity contribution in [2.24, 2.45) is 5.14 Å². The van der Waals surface area contributed by atoms with Gasteiger partial charge in [0.2, 0.25) is 0 Å². The number of nitrogens with zero attached hydrogens (tertiary/aromatic N) is 5. The number of alkyl halides is 2. The van der Waals surface area contributed by atoms with E-state index < -0.39 is 29.2 Å². The standard InChI is InChI=1S/C14H19ClF2N6O2S/c1-9-6-11(15)23-13(9)14(19-8-20-23)21-4-2-10(3-5-21)22(7-12(16)17)26(18,24)25/h6,8,10,12H,2-5,7H2,1H3,(H2,18,24,25). The van der Waals surface area contributed by atoms with E-state index in [1.807, 2.05) is 11.8 Å². The van der Waals surface area contributed by atoms with Crippen LogP contribution >= 0.6 is 11.6 Å². The molecule has 144 valence electrons. The van der Waals surface area contributed by atoms with Gasteiger partial charge in [0.15, 0.2) is 5.82 Å². The van der Waals surface area contributed by atoms with Gasteiger partial charge in [-0.15, -0.1) is 0 Å². The van der Waals surface area contributed by atoms with Crippen molar-refractivity contribution in [1.82, 2.24) is 18.9 Å². The lowest BCUT2D eigenvalue weighted by molar-refractivity contribution is 0.101. The number of anilines is 1. The Balaban J connectivity index is 1.81. The summed E-state index contributed by atoms with van der Waals surface area (Å²) in [5.74, 6) is 0.680. The number of fused-ring (bicyclic) bond motifs is 1. The van der Waals surface area contributed by atoms with E-state index in [2.05, 4.69) is 10.1 Å². The molecule has 1 fully saturated rings. The van der Waals surface area contributed by atoms with Crippen LogP contribution in [-0.4, -0.2) is 59.4 Å². The Hall–Kier alpha value is -1.56. The molecule has 1 aliphatic rings. The number of aromatic nitrogens is 3. The largest absolute Gasteiger partial charge is 0.355 e. The van der Waals surface area contributed by atoms with Crippen LogP contribution in [0.2, 0.25) is 5.15 Å². The van der Waals surface area contributed by atoms with Crippen LogP contribution in [0.4, 0.5) is 14.6 Å². The Labute approximate surface area is 154 Å². The smallest absolute Gasteiger partial charge is 0.277 e. The van der Waals surface area contributed by atoms with E-state index in [1.165, 1.54) is 6.33 Å². The number of halogens is 3. The van der Waals surface area contributed by atoms with Crippen LogP contribution < -0.4 is 10.0 Å².